The van der Waals surface area contributed by atoms with E-state index in [2.05, 4.69) is 25.2 Å². The molecule has 38 heavy (non-hydrogen) atoms. The topological polar surface area (TPSA) is 103 Å². The van der Waals surface area contributed by atoms with E-state index in [1.54, 1.807) is 55.5 Å². The van der Waals surface area contributed by atoms with Crippen LogP contribution in [-0.2, 0) is 19.5 Å². The second-order valence-electron chi connectivity index (χ2n) is 8.64. The van der Waals surface area contributed by atoms with Crippen LogP contribution in [0.15, 0.2) is 64.0 Å². The van der Waals surface area contributed by atoms with Gasteiger partial charge in [-0.25, -0.2) is 9.61 Å². The van der Waals surface area contributed by atoms with E-state index >= 15 is 0 Å². The number of hydrogen-bond acceptors (Lipinski definition) is 6. The largest absolute Gasteiger partial charge is 0.389 e. The van der Waals surface area contributed by atoms with Gasteiger partial charge >= 0.3 is 6.18 Å². The Morgan fingerprint density at radius 1 is 1.11 bits per heavy atom. The fourth-order valence-electron chi connectivity index (χ4n) is 3.80. The highest BCUT2D eigenvalue weighted by molar-refractivity contribution is 6.30. The molecule has 12 heteroatoms. The molecule has 0 bridgehead atoms. The van der Waals surface area contributed by atoms with E-state index in [9.17, 15) is 22.8 Å². The number of amides is 1. The first kappa shape index (κ1) is 27.1. The number of nitrogens with zero attached hydrogens (tertiary/aromatic N) is 4. The second kappa shape index (κ2) is 11.6. The van der Waals surface area contributed by atoms with E-state index in [-0.39, 0.29) is 37.7 Å². The number of halogens is 4. The lowest BCUT2D eigenvalue weighted by Gasteiger charge is -2.15. The van der Waals surface area contributed by atoms with E-state index in [0.717, 1.165) is 0 Å². The Labute approximate surface area is 220 Å². The van der Waals surface area contributed by atoms with Gasteiger partial charge in [0, 0.05) is 35.1 Å². The van der Waals surface area contributed by atoms with Gasteiger partial charge in [-0.2, -0.15) is 13.2 Å². The maximum absolute atomic E-state index is 13.1. The molecule has 0 spiro atoms. The molecule has 0 unspecified atom stereocenters. The van der Waals surface area contributed by atoms with Gasteiger partial charge in [0.15, 0.2) is 0 Å². The van der Waals surface area contributed by atoms with Crippen LogP contribution in [0.3, 0.4) is 0 Å². The van der Waals surface area contributed by atoms with Gasteiger partial charge in [0.05, 0.1) is 18.8 Å². The summed E-state index contributed by atoms with van der Waals surface area (Å²) in [6.07, 6.45) is -5.59. The molecule has 0 radical (unpaired) electrons. The highest BCUT2D eigenvalue weighted by Gasteiger charge is 2.26. The molecule has 0 aliphatic rings. The van der Waals surface area contributed by atoms with Gasteiger partial charge < -0.3 is 5.32 Å². The van der Waals surface area contributed by atoms with Crippen LogP contribution >= 0.6 is 11.6 Å². The third-order valence-electron chi connectivity index (χ3n) is 5.78. The predicted molar refractivity (Wildman–Crippen MR) is 134 cm³/mol. The minimum Gasteiger partial charge on any atom is -0.346 e. The van der Waals surface area contributed by atoms with E-state index in [1.165, 1.54) is 10.6 Å². The SMILES string of the molecule is Cc1nonc1CNC(=O)c1cccc(Cn2c(CCCC(F)(F)F)nc(-c3ccc(Cl)cc3)cc2=O)c1. The maximum atomic E-state index is 13.1. The highest BCUT2D eigenvalue weighted by Crippen LogP contribution is 2.24. The number of nitrogens with one attached hydrogen (secondary N) is 1. The van der Waals surface area contributed by atoms with E-state index in [1.807, 2.05) is 0 Å². The van der Waals surface area contributed by atoms with Crippen LogP contribution in [0.2, 0.25) is 5.02 Å². The zero-order valence-corrected chi connectivity index (χ0v) is 21.0. The molecule has 1 N–H and O–H groups in total. The number of aryl methyl sites for hydroxylation is 2. The van der Waals surface area contributed by atoms with E-state index in [0.29, 0.717) is 38.8 Å². The van der Waals surface area contributed by atoms with Crippen molar-refractivity contribution in [3.8, 4) is 11.3 Å². The Morgan fingerprint density at radius 2 is 1.87 bits per heavy atom. The summed E-state index contributed by atoms with van der Waals surface area (Å²) in [7, 11) is 0. The van der Waals surface area contributed by atoms with Crippen molar-refractivity contribution < 1.29 is 22.6 Å². The summed E-state index contributed by atoms with van der Waals surface area (Å²) in [5.41, 5.74) is 2.55. The molecule has 8 nitrogen and oxygen atoms in total. The third kappa shape index (κ3) is 7.06. The summed E-state index contributed by atoms with van der Waals surface area (Å²) in [5.74, 6) is -0.154. The number of carbonyl (C=O) groups excluding carboxylic acids is 1. The van der Waals surface area contributed by atoms with Crippen molar-refractivity contribution in [1.29, 1.82) is 0 Å². The van der Waals surface area contributed by atoms with Crippen molar-refractivity contribution in [2.75, 3.05) is 0 Å². The Hall–Kier alpha value is -3.99. The number of benzene rings is 2. The molecule has 4 aromatic rings. The maximum Gasteiger partial charge on any atom is 0.389 e. The fraction of sp³-hybridized carbons (Fsp3) is 0.269. The summed E-state index contributed by atoms with van der Waals surface area (Å²) < 4.78 is 44.4. The quantitative estimate of drug-likeness (QED) is 0.313. The highest BCUT2D eigenvalue weighted by atomic mass is 35.5. The molecule has 1 amide bonds. The van der Waals surface area contributed by atoms with Gasteiger partial charge in [0.1, 0.15) is 17.2 Å². The molecule has 2 aromatic heterocycles. The number of aromatic nitrogens is 4. The molecule has 0 fully saturated rings. The summed E-state index contributed by atoms with van der Waals surface area (Å²) in [6.45, 7) is 1.85. The van der Waals surface area contributed by atoms with Crippen molar-refractivity contribution in [3.05, 3.63) is 98.3 Å². The minimum absolute atomic E-state index is 0.0293. The molecule has 198 valence electrons. The number of rotatable bonds is 9. The third-order valence-corrected chi connectivity index (χ3v) is 6.03. The van der Waals surface area contributed by atoms with Crippen LogP contribution in [-0.4, -0.2) is 31.9 Å². The number of alkyl halides is 3. The molecule has 2 aromatic carbocycles. The molecule has 4 rings (SSSR count). The Balaban J connectivity index is 1.59. The van der Waals surface area contributed by atoms with Gasteiger partial charge in [-0.1, -0.05) is 46.2 Å². The van der Waals surface area contributed by atoms with E-state index < -0.39 is 18.2 Å². The molecule has 0 saturated heterocycles. The average molecular weight is 546 g/mol. The molecule has 0 aliphatic carbocycles. The Kier molecular flexibility index (Phi) is 8.26. The lowest BCUT2D eigenvalue weighted by atomic mass is 10.1. The van der Waals surface area contributed by atoms with Crippen molar-refractivity contribution in [1.82, 2.24) is 25.2 Å². The standard InChI is InChI=1S/C26H23ClF3N5O3/c1-16-22(34-38-33-16)14-31-25(37)19-5-2-4-17(12-19)15-35-23(6-3-11-26(28,29)30)32-21(13-24(35)36)18-7-9-20(27)10-8-18/h2,4-5,7-10,12-13H,3,6,11,14-15H2,1H3,(H,31,37). The summed E-state index contributed by atoms with van der Waals surface area (Å²) in [6, 6.07) is 14.6. The van der Waals surface area contributed by atoms with Gasteiger partial charge in [0.2, 0.25) is 0 Å². The zero-order valence-electron chi connectivity index (χ0n) is 20.3. The summed E-state index contributed by atoms with van der Waals surface area (Å²) in [4.78, 5) is 30.3. The van der Waals surface area contributed by atoms with Gasteiger partial charge in [-0.05, 0) is 43.2 Å². The number of hydrogen-bond donors (Lipinski definition) is 1. The smallest absolute Gasteiger partial charge is 0.346 e. The molecule has 0 aliphatic heterocycles. The zero-order chi connectivity index (χ0) is 27.3. The van der Waals surface area contributed by atoms with Crippen LogP contribution in [0.4, 0.5) is 13.2 Å². The van der Waals surface area contributed by atoms with Crippen LogP contribution < -0.4 is 10.9 Å². The summed E-state index contributed by atoms with van der Waals surface area (Å²) >= 11 is 5.94. The van der Waals surface area contributed by atoms with Crippen molar-refractivity contribution in [3.63, 3.8) is 0 Å². The first-order valence-corrected chi connectivity index (χ1v) is 12.1. The monoisotopic (exact) mass is 545 g/mol. The van der Waals surface area contributed by atoms with Crippen molar-refractivity contribution in [2.45, 2.75) is 45.5 Å². The minimum atomic E-state index is -4.32. The Morgan fingerprint density at radius 3 is 2.55 bits per heavy atom. The molecule has 0 atom stereocenters. The van der Waals surface area contributed by atoms with Gasteiger partial charge in [-0.3, -0.25) is 14.2 Å². The average Bonchev–Trinajstić information content (AvgIpc) is 3.28. The fourth-order valence-corrected chi connectivity index (χ4v) is 3.92. The lowest BCUT2D eigenvalue weighted by Crippen LogP contribution is -2.26. The first-order chi connectivity index (χ1) is 18.1. The predicted octanol–water partition coefficient (Wildman–Crippen LogP) is 5.12. The Bertz CT molecular complexity index is 1480. The molecular weight excluding hydrogens is 523 g/mol. The number of carbonyl (C=O) groups is 1. The normalized spacial score (nSPS) is 11.5. The van der Waals surface area contributed by atoms with Crippen LogP contribution in [0.25, 0.3) is 11.3 Å². The first-order valence-electron chi connectivity index (χ1n) is 11.7. The van der Waals surface area contributed by atoms with Gasteiger partial charge in [-0.15, -0.1) is 0 Å². The van der Waals surface area contributed by atoms with Crippen molar-refractivity contribution >= 4 is 17.5 Å². The van der Waals surface area contributed by atoms with Gasteiger partial charge in [0.25, 0.3) is 11.5 Å². The van der Waals surface area contributed by atoms with Crippen LogP contribution in [0.1, 0.15) is 46.0 Å². The second-order valence-corrected chi connectivity index (χ2v) is 9.07. The molecule has 2 heterocycles. The van der Waals surface area contributed by atoms with Crippen molar-refractivity contribution in [2.24, 2.45) is 0 Å². The lowest BCUT2D eigenvalue weighted by molar-refractivity contribution is -0.135. The molecule has 0 saturated carbocycles. The van der Waals surface area contributed by atoms with Crippen LogP contribution in [0.5, 0.6) is 0 Å². The van der Waals surface area contributed by atoms with E-state index in [4.69, 9.17) is 11.6 Å². The summed E-state index contributed by atoms with van der Waals surface area (Å²) in [5, 5.41) is 10.6. The van der Waals surface area contributed by atoms with Crippen LogP contribution in [0, 0.1) is 6.92 Å². The molecular formula is C26H23ClF3N5O3.